The quantitative estimate of drug-likeness (QED) is 0.643. The summed E-state index contributed by atoms with van der Waals surface area (Å²) in [7, 11) is 1.64. The van der Waals surface area contributed by atoms with E-state index in [0.717, 1.165) is 27.7 Å². The van der Waals surface area contributed by atoms with Gasteiger partial charge in [-0.15, -0.1) is 11.8 Å². The Hall–Kier alpha value is -1.92. The van der Waals surface area contributed by atoms with E-state index >= 15 is 0 Å². The lowest BCUT2D eigenvalue weighted by Gasteiger charge is -2.22. The molecule has 1 N–H and O–H groups in total. The van der Waals surface area contributed by atoms with E-state index in [1.165, 1.54) is 10.4 Å². The van der Waals surface area contributed by atoms with Crippen LogP contribution in [0, 0.1) is 0 Å². The monoisotopic (exact) mass is 430 g/mol. The van der Waals surface area contributed by atoms with Gasteiger partial charge in [-0.05, 0) is 30.3 Å². The maximum absolute atomic E-state index is 12.9. The summed E-state index contributed by atoms with van der Waals surface area (Å²) in [4.78, 5) is 14.1. The summed E-state index contributed by atoms with van der Waals surface area (Å²) in [5, 5.41) is 4.60. The number of hydrogen-bond acceptors (Lipinski definition) is 3. The normalized spacial score (nSPS) is 15.9. The molecular formula is C20H19BrN2O2S. The van der Waals surface area contributed by atoms with E-state index in [2.05, 4.69) is 50.9 Å². The van der Waals surface area contributed by atoms with Gasteiger partial charge in [0.15, 0.2) is 0 Å². The van der Waals surface area contributed by atoms with Crippen molar-refractivity contribution in [3.05, 3.63) is 58.2 Å². The number of amides is 1. The molecule has 1 aliphatic rings. The first-order valence-electron chi connectivity index (χ1n) is 8.46. The maximum atomic E-state index is 12.9. The average molecular weight is 431 g/mol. The van der Waals surface area contributed by atoms with E-state index in [-0.39, 0.29) is 5.91 Å². The molecule has 4 rings (SSSR count). The summed E-state index contributed by atoms with van der Waals surface area (Å²) >= 11 is 5.34. The first kappa shape index (κ1) is 17.5. The number of benzene rings is 2. The molecule has 134 valence electrons. The summed E-state index contributed by atoms with van der Waals surface area (Å²) in [5.74, 6) is 0.704. The molecule has 1 amide bonds. The highest BCUT2D eigenvalue weighted by Gasteiger charge is 2.24. The second-order valence-electron chi connectivity index (χ2n) is 6.40. The number of hydrogen-bond donors (Lipinski definition) is 1. The van der Waals surface area contributed by atoms with E-state index in [4.69, 9.17) is 4.74 Å². The Morgan fingerprint density at radius 1 is 1.35 bits per heavy atom. The van der Waals surface area contributed by atoms with E-state index in [1.54, 1.807) is 7.11 Å². The molecule has 0 saturated heterocycles. The lowest BCUT2D eigenvalue weighted by molar-refractivity contribution is 0.0941. The van der Waals surface area contributed by atoms with Crippen LogP contribution < -0.4 is 10.1 Å². The van der Waals surface area contributed by atoms with Crippen molar-refractivity contribution in [2.75, 3.05) is 7.11 Å². The third-order valence-corrected chi connectivity index (χ3v) is 6.19. The Labute approximate surface area is 165 Å². The summed E-state index contributed by atoms with van der Waals surface area (Å²) in [6, 6.07) is 14.0. The van der Waals surface area contributed by atoms with Crippen LogP contribution in [0.3, 0.4) is 0 Å². The van der Waals surface area contributed by atoms with Crippen LogP contribution in [0.2, 0.25) is 0 Å². The van der Waals surface area contributed by atoms with Crippen LogP contribution in [-0.4, -0.2) is 22.8 Å². The molecule has 1 aromatic heterocycles. The van der Waals surface area contributed by atoms with Crippen LogP contribution in [0.25, 0.3) is 10.9 Å². The molecule has 2 heterocycles. The average Bonchev–Trinajstić information content (AvgIpc) is 3.00. The Bertz CT molecular complexity index is 999. The summed E-state index contributed by atoms with van der Waals surface area (Å²) in [6.45, 7) is 3.45. The number of thioether (sulfide) groups is 1. The Morgan fingerprint density at radius 3 is 3.00 bits per heavy atom. The molecule has 6 heteroatoms. The van der Waals surface area contributed by atoms with E-state index < -0.39 is 0 Å². The van der Waals surface area contributed by atoms with Crippen molar-refractivity contribution in [2.45, 2.75) is 30.2 Å². The van der Waals surface area contributed by atoms with Crippen molar-refractivity contribution in [1.82, 2.24) is 9.88 Å². The van der Waals surface area contributed by atoms with Gasteiger partial charge in [0, 0.05) is 38.7 Å². The van der Waals surface area contributed by atoms with Gasteiger partial charge in [0.05, 0.1) is 12.6 Å². The number of nitrogens with zero attached hydrogens (tertiary/aromatic N) is 1. The molecule has 1 unspecified atom stereocenters. The van der Waals surface area contributed by atoms with Gasteiger partial charge in [-0.3, -0.25) is 4.79 Å². The molecule has 0 saturated carbocycles. The standard InChI is InChI=1S/C20H19BrN2O2S/c1-12-11-23-16(9-13-4-3-5-18(26-12)19(13)23)20(24)22-10-14-8-15(21)6-7-17(14)25-2/h3-9,12H,10-11H2,1-2H3,(H,22,24). The highest BCUT2D eigenvalue weighted by atomic mass is 79.9. The second-order valence-corrected chi connectivity index (χ2v) is 8.80. The number of para-hydroxylation sites is 1. The predicted octanol–water partition coefficient (Wildman–Crippen LogP) is 4.84. The van der Waals surface area contributed by atoms with Gasteiger partial charge in [0.2, 0.25) is 0 Å². The molecule has 0 spiro atoms. The van der Waals surface area contributed by atoms with Crippen molar-refractivity contribution >= 4 is 44.5 Å². The topological polar surface area (TPSA) is 43.3 Å². The smallest absolute Gasteiger partial charge is 0.268 e. The highest BCUT2D eigenvalue weighted by Crippen LogP contribution is 2.38. The van der Waals surface area contributed by atoms with Crippen LogP contribution in [-0.2, 0) is 13.1 Å². The van der Waals surface area contributed by atoms with Crippen molar-refractivity contribution in [3.63, 3.8) is 0 Å². The Morgan fingerprint density at radius 2 is 2.19 bits per heavy atom. The van der Waals surface area contributed by atoms with Gasteiger partial charge in [0.1, 0.15) is 11.4 Å². The Balaban J connectivity index is 1.63. The van der Waals surface area contributed by atoms with Crippen LogP contribution in [0.4, 0.5) is 0 Å². The van der Waals surface area contributed by atoms with Crippen molar-refractivity contribution < 1.29 is 9.53 Å². The molecule has 4 nitrogen and oxygen atoms in total. The third-order valence-electron chi connectivity index (χ3n) is 4.57. The number of halogens is 1. The van der Waals surface area contributed by atoms with Gasteiger partial charge >= 0.3 is 0 Å². The fourth-order valence-electron chi connectivity index (χ4n) is 3.43. The third kappa shape index (κ3) is 3.12. The van der Waals surface area contributed by atoms with Gasteiger partial charge < -0.3 is 14.6 Å². The fraction of sp³-hybridized carbons (Fsp3) is 0.250. The first-order valence-corrected chi connectivity index (χ1v) is 10.1. The summed E-state index contributed by atoms with van der Waals surface area (Å²) in [6.07, 6.45) is 0. The minimum atomic E-state index is -0.0618. The first-order chi connectivity index (χ1) is 12.6. The number of rotatable bonds is 4. The lowest BCUT2D eigenvalue weighted by atomic mass is 10.2. The molecule has 3 aromatic rings. The number of aromatic nitrogens is 1. The molecule has 0 fully saturated rings. The largest absolute Gasteiger partial charge is 0.496 e. The molecule has 1 aliphatic heterocycles. The van der Waals surface area contributed by atoms with Gasteiger partial charge in [-0.25, -0.2) is 0 Å². The fourth-order valence-corrected chi connectivity index (χ4v) is 4.99. The molecule has 26 heavy (non-hydrogen) atoms. The molecular weight excluding hydrogens is 412 g/mol. The molecule has 0 aliphatic carbocycles. The van der Waals surface area contributed by atoms with Crippen molar-refractivity contribution in [1.29, 1.82) is 0 Å². The molecule has 0 radical (unpaired) electrons. The van der Waals surface area contributed by atoms with Gasteiger partial charge in [-0.1, -0.05) is 35.0 Å². The number of methoxy groups -OCH3 is 1. The summed E-state index contributed by atoms with van der Waals surface area (Å²) in [5.41, 5.74) is 2.82. The SMILES string of the molecule is COc1ccc(Br)cc1CNC(=O)c1cc2cccc3c2n1CC(C)S3. The van der Waals surface area contributed by atoms with Gasteiger partial charge in [-0.2, -0.15) is 0 Å². The Kier molecular flexibility index (Phi) is 4.71. The van der Waals surface area contributed by atoms with E-state index in [0.29, 0.717) is 17.5 Å². The molecule has 1 atom stereocenters. The number of ether oxygens (including phenoxy) is 1. The van der Waals surface area contributed by atoms with Gasteiger partial charge in [0.25, 0.3) is 5.91 Å². The predicted molar refractivity (Wildman–Crippen MR) is 109 cm³/mol. The van der Waals surface area contributed by atoms with Crippen LogP contribution in [0.1, 0.15) is 23.0 Å². The number of carbonyl (C=O) groups is 1. The van der Waals surface area contributed by atoms with Crippen LogP contribution in [0.15, 0.2) is 51.8 Å². The van der Waals surface area contributed by atoms with E-state index in [1.807, 2.05) is 36.0 Å². The zero-order chi connectivity index (χ0) is 18.3. The lowest BCUT2D eigenvalue weighted by Crippen LogP contribution is -2.27. The van der Waals surface area contributed by atoms with Crippen LogP contribution >= 0.6 is 27.7 Å². The molecule has 0 bridgehead atoms. The minimum Gasteiger partial charge on any atom is -0.496 e. The van der Waals surface area contributed by atoms with E-state index in [9.17, 15) is 4.79 Å². The maximum Gasteiger partial charge on any atom is 0.268 e. The zero-order valence-corrected chi connectivity index (χ0v) is 17.0. The minimum absolute atomic E-state index is 0.0618. The van der Waals surface area contributed by atoms with Crippen LogP contribution in [0.5, 0.6) is 5.75 Å². The van der Waals surface area contributed by atoms with Crippen molar-refractivity contribution in [2.24, 2.45) is 0 Å². The van der Waals surface area contributed by atoms with Crippen molar-refractivity contribution in [3.8, 4) is 5.75 Å². The zero-order valence-electron chi connectivity index (χ0n) is 14.6. The highest BCUT2D eigenvalue weighted by molar-refractivity contribution is 9.10. The summed E-state index contributed by atoms with van der Waals surface area (Å²) < 4.78 is 8.50. The molecule has 2 aromatic carbocycles. The number of nitrogens with one attached hydrogen (secondary N) is 1. The number of carbonyl (C=O) groups excluding carboxylic acids is 1. The second kappa shape index (κ2) is 7.00.